The van der Waals surface area contributed by atoms with Crippen LogP contribution >= 0.6 is 22.9 Å². The van der Waals surface area contributed by atoms with Crippen LogP contribution in [0.2, 0.25) is 4.34 Å². The fraction of sp³-hybridized carbons (Fsp3) is 0.222. The third-order valence-electron chi connectivity index (χ3n) is 2.08. The smallest absolute Gasteiger partial charge is 0.250 e. The first-order valence-corrected chi connectivity index (χ1v) is 7.31. The summed E-state index contributed by atoms with van der Waals surface area (Å²) in [5.41, 5.74) is 0.664. The number of nitrogens with zero attached hydrogens (tertiary/aromatic N) is 1. The zero-order valence-corrected chi connectivity index (χ0v) is 11.2. The van der Waals surface area contributed by atoms with Gasteiger partial charge in [0.25, 0.3) is 10.0 Å². The molecular weight excluding hydrogens is 284 g/mol. The summed E-state index contributed by atoms with van der Waals surface area (Å²) in [5.74, 6) is 0.497. The molecular formula is C9H9ClN2O3S2. The minimum atomic E-state index is -3.54. The molecule has 2 aromatic rings. The number of aromatic nitrogens is 1. The lowest BCUT2D eigenvalue weighted by Gasteiger charge is -2.02. The highest BCUT2D eigenvalue weighted by molar-refractivity contribution is 7.91. The molecule has 17 heavy (non-hydrogen) atoms. The Hall–Kier alpha value is -0.890. The Morgan fingerprint density at radius 2 is 2.29 bits per heavy atom. The van der Waals surface area contributed by atoms with Gasteiger partial charge >= 0.3 is 0 Å². The van der Waals surface area contributed by atoms with Crippen molar-refractivity contribution in [3.8, 4) is 0 Å². The topological polar surface area (TPSA) is 72.2 Å². The molecule has 1 N–H and O–H groups in total. The molecule has 0 aromatic carbocycles. The van der Waals surface area contributed by atoms with Crippen molar-refractivity contribution >= 4 is 33.0 Å². The van der Waals surface area contributed by atoms with Crippen LogP contribution in [0.25, 0.3) is 0 Å². The van der Waals surface area contributed by atoms with Crippen LogP contribution in [0.4, 0.5) is 0 Å². The van der Waals surface area contributed by atoms with Gasteiger partial charge in [-0.3, -0.25) is 0 Å². The minimum Gasteiger partial charge on any atom is -0.447 e. The Bertz CT molecular complexity index is 618. The van der Waals surface area contributed by atoms with Gasteiger partial charge in [0.2, 0.25) is 0 Å². The monoisotopic (exact) mass is 292 g/mol. The number of aryl methyl sites for hydroxylation is 1. The number of thiophene rings is 1. The van der Waals surface area contributed by atoms with Gasteiger partial charge in [-0.1, -0.05) is 11.6 Å². The van der Waals surface area contributed by atoms with Crippen LogP contribution in [0.15, 0.2) is 27.2 Å². The number of rotatable bonds is 4. The number of sulfonamides is 1. The average molecular weight is 293 g/mol. The summed E-state index contributed by atoms with van der Waals surface area (Å²) in [5, 5.41) is 0. The predicted molar refractivity (Wildman–Crippen MR) is 64.6 cm³/mol. The SMILES string of the molecule is Cc1ncoc1CNS(=O)(=O)c1ccc(Cl)s1. The third-order valence-corrected chi connectivity index (χ3v) is 5.21. The fourth-order valence-corrected chi connectivity index (χ4v) is 3.68. The molecule has 5 nitrogen and oxygen atoms in total. The van der Waals surface area contributed by atoms with Crippen LogP contribution < -0.4 is 4.72 Å². The van der Waals surface area contributed by atoms with Crippen LogP contribution in [-0.4, -0.2) is 13.4 Å². The summed E-state index contributed by atoms with van der Waals surface area (Å²) in [7, 11) is -3.54. The van der Waals surface area contributed by atoms with Gasteiger partial charge in [-0.25, -0.2) is 18.1 Å². The van der Waals surface area contributed by atoms with Crippen molar-refractivity contribution in [2.45, 2.75) is 17.7 Å². The van der Waals surface area contributed by atoms with Gasteiger partial charge < -0.3 is 4.42 Å². The van der Waals surface area contributed by atoms with Gasteiger partial charge in [0.05, 0.1) is 16.6 Å². The predicted octanol–water partition coefficient (Wildman–Crippen LogP) is 2.18. The molecule has 0 radical (unpaired) electrons. The molecule has 2 aromatic heterocycles. The van der Waals surface area contributed by atoms with E-state index < -0.39 is 10.0 Å². The summed E-state index contributed by atoms with van der Waals surface area (Å²) in [6.07, 6.45) is 1.28. The second-order valence-electron chi connectivity index (χ2n) is 3.24. The molecule has 2 rings (SSSR count). The van der Waals surface area contributed by atoms with E-state index in [0.29, 0.717) is 15.8 Å². The number of nitrogens with one attached hydrogen (secondary N) is 1. The quantitative estimate of drug-likeness (QED) is 0.937. The third kappa shape index (κ3) is 2.86. The lowest BCUT2D eigenvalue weighted by atomic mass is 10.4. The largest absolute Gasteiger partial charge is 0.447 e. The Labute approximate surface area is 107 Å². The summed E-state index contributed by atoms with van der Waals surface area (Å²) in [6.45, 7) is 1.82. The standard InChI is InChI=1S/C9H9ClN2O3S2/c1-6-7(15-5-11-6)4-12-17(13,14)9-3-2-8(10)16-9/h2-3,5,12H,4H2,1H3. The van der Waals surface area contributed by atoms with E-state index in [1.807, 2.05) is 0 Å². The van der Waals surface area contributed by atoms with E-state index in [4.69, 9.17) is 16.0 Å². The highest BCUT2D eigenvalue weighted by Crippen LogP contribution is 2.25. The molecule has 0 fully saturated rings. The van der Waals surface area contributed by atoms with E-state index in [1.165, 1.54) is 12.5 Å². The van der Waals surface area contributed by atoms with Crippen LogP contribution in [0.3, 0.4) is 0 Å². The molecule has 0 saturated carbocycles. The number of oxazole rings is 1. The van der Waals surface area contributed by atoms with Crippen molar-refractivity contribution in [3.63, 3.8) is 0 Å². The highest BCUT2D eigenvalue weighted by Gasteiger charge is 2.17. The first-order chi connectivity index (χ1) is 7.99. The lowest BCUT2D eigenvalue weighted by Crippen LogP contribution is -2.22. The maximum Gasteiger partial charge on any atom is 0.250 e. The maximum atomic E-state index is 11.8. The van der Waals surface area contributed by atoms with E-state index in [2.05, 4.69) is 9.71 Å². The fourth-order valence-electron chi connectivity index (χ4n) is 1.17. The molecule has 0 aliphatic rings. The van der Waals surface area contributed by atoms with Crippen LogP contribution in [0.1, 0.15) is 11.5 Å². The van der Waals surface area contributed by atoms with E-state index in [0.717, 1.165) is 11.3 Å². The Morgan fingerprint density at radius 1 is 1.53 bits per heavy atom. The molecule has 0 aliphatic heterocycles. The van der Waals surface area contributed by atoms with E-state index in [1.54, 1.807) is 13.0 Å². The van der Waals surface area contributed by atoms with Crippen molar-refractivity contribution in [2.24, 2.45) is 0 Å². The van der Waals surface area contributed by atoms with Gasteiger partial charge in [0.15, 0.2) is 6.39 Å². The maximum absolute atomic E-state index is 11.8. The minimum absolute atomic E-state index is 0.0731. The molecule has 0 atom stereocenters. The van der Waals surface area contributed by atoms with Crippen LogP contribution in [-0.2, 0) is 16.6 Å². The van der Waals surface area contributed by atoms with Gasteiger partial charge in [-0.15, -0.1) is 11.3 Å². The first kappa shape index (κ1) is 12.6. The van der Waals surface area contributed by atoms with E-state index in [-0.39, 0.29) is 10.8 Å². The van der Waals surface area contributed by atoms with Gasteiger partial charge in [0, 0.05) is 0 Å². The number of halogens is 1. The van der Waals surface area contributed by atoms with Crippen molar-refractivity contribution < 1.29 is 12.8 Å². The lowest BCUT2D eigenvalue weighted by molar-refractivity contribution is 0.492. The molecule has 0 spiro atoms. The Balaban J connectivity index is 2.11. The molecule has 0 bridgehead atoms. The second-order valence-corrected chi connectivity index (χ2v) is 6.95. The number of hydrogen-bond acceptors (Lipinski definition) is 5. The molecule has 8 heteroatoms. The molecule has 92 valence electrons. The zero-order chi connectivity index (χ0) is 12.5. The average Bonchev–Trinajstić information content (AvgIpc) is 2.85. The second kappa shape index (κ2) is 4.77. The van der Waals surface area contributed by atoms with Crippen molar-refractivity contribution in [3.05, 3.63) is 34.3 Å². The molecule has 0 saturated heterocycles. The summed E-state index contributed by atoms with van der Waals surface area (Å²) >= 11 is 6.69. The molecule has 0 unspecified atom stereocenters. The van der Waals surface area contributed by atoms with Gasteiger partial charge in [0.1, 0.15) is 9.97 Å². The van der Waals surface area contributed by atoms with Crippen molar-refractivity contribution in [2.75, 3.05) is 0 Å². The van der Waals surface area contributed by atoms with Crippen molar-refractivity contribution in [1.29, 1.82) is 0 Å². The normalized spacial score (nSPS) is 11.9. The Kier molecular flexibility index (Phi) is 3.53. The molecule has 0 aliphatic carbocycles. The zero-order valence-electron chi connectivity index (χ0n) is 8.81. The number of hydrogen-bond donors (Lipinski definition) is 1. The summed E-state index contributed by atoms with van der Waals surface area (Å²) in [4.78, 5) is 3.87. The first-order valence-electron chi connectivity index (χ1n) is 4.63. The van der Waals surface area contributed by atoms with Gasteiger partial charge in [-0.05, 0) is 19.1 Å². The summed E-state index contributed by atoms with van der Waals surface area (Å²) < 4.78 is 31.7. The molecule has 0 amide bonds. The molecule has 2 heterocycles. The van der Waals surface area contributed by atoms with Gasteiger partial charge in [-0.2, -0.15) is 0 Å². The van der Waals surface area contributed by atoms with Crippen LogP contribution in [0.5, 0.6) is 0 Å². The van der Waals surface area contributed by atoms with Crippen molar-refractivity contribution in [1.82, 2.24) is 9.71 Å². The Morgan fingerprint density at radius 3 is 2.82 bits per heavy atom. The summed E-state index contributed by atoms with van der Waals surface area (Å²) in [6, 6.07) is 3.00. The van der Waals surface area contributed by atoms with Crippen LogP contribution in [0, 0.1) is 6.92 Å². The van der Waals surface area contributed by atoms with E-state index >= 15 is 0 Å². The van der Waals surface area contributed by atoms with E-state index in [9.17, 15) is 8.42 Å². The highest BCUT2D eigenvalue weighted by atomic mass is 35.5.